The van der Waals surface area contributed by atoms with Gasteiger partial charge in [-0.05, 0) is 55.8 Å². The van der Waals surface area contributed by atoms with Crippen LogP contribution in [0.5, 0.6) is 0 Å². The summed E-state index contributed by atoms with van der Waals surface area (Å²) >= 11 is 0. The van der Waals surface area contributed by atoms with Gasteiger partial charge in [-0.3, -0.25) is 0 Å². The molecule has 2 aliphatic rings. The van der Waals surface area contributed by atoms with E-state index in [0.29, 0.717) is 28.8 Å². The SMILES string of the molecule is CC(C)[Si]1(C(C)C)OC[C@H]2C[C@@H](NC(=O)OC(C)(C)C)C[C@@H]2O[Si](C(C)C)(C(C)C)O1. The van der Waals surface area contributed by atoms with E-state index in [4.69, 9.17) is 17.7 Å². The number of amides is 1. The van der Waals surface area contributed by atoms with E-state index in [1.165, 1.54) is 0 Å². The van der Waals surface area contributed by atoms with Crippen molar-refractivity contribution in [2.45, 2.75) is 129 Å². The van der Waals surface area contributed by atoms with Gasteiger partial charge in [0.2, 0.25) is 0 Å². The van der Waals surface area contributed by atoms with Crippen molar-refractivity contribution in [2.75, 3.05) is 6.61 Å². The van der Waals surface area contributed by atoms with Gasteiger partial charge in [0.15, 0.2) is 0 Å². The summed E-state index contributed by atoms with van der Waals surface area (Å²) in [6.07, 6.45) is 1.32. The molecule has 8 heteroatoms. The van der Waals surface area contributed by atoms with Crippen molar-refractivity contribution < 1.29 is 22.5 Å². The lowest BCUT2D eigenvalue weighted by atomic mass is 10.1. The normalized spacial score (nSPS) is 28.5. The zero-order chi connectivity index (χ0) is 23.8. The molecule has 31 heavy (non-hydrogen) atoms. The Morgan fingerprint density at radius 1 is 0.903 bits per heavy atom. The molecule has 1 amide bonds. The Hall–Kier alpha value is -0.416. The number of hydrogen-bond donors (Lipinski definition) is 1. The summed E-state index contributed by atoms with van der Waals surface area (Å²) in [6.45, 7) is 24.2. The topological polar surface area (TPSA) is 66.0 Å². The number of ether oxygens (including phenoxy) is 1. The maximum atomic E-state index is 12.4. The second kappa shape index (κ2) is 9.83. The van der Waals surface area contributed by atoms with Crippen molar-refractivity contribution in [3.63, 3.8) is 0 Å². The first kappa shape index (κ1) is 26.8. The molecule has 2 fully saturated rings. The predicted molar refractivity (Wildman–Crippen MR) is 130 cm³/mol. The second-order valence-corrected chi connectivity index (χ2v) is 20.6. The largest absolute Gasteiger partial charge is 0.444 e. The number of rotatable bonds is 5. The van der Waals surface area contributed by atoms with Crippen molar-refractivity contribution >= 4 is 23.2 Å². The number of alkyl carbamates (subject to hydrolysis) is 1. The van der Waals surface area contributed by atoms with Gasteiger partial charge in [-0.15, -0.1) is 0 Å². The van der Waals surface area contributed by atoms with E-state index in [9.17, 15) is 4.79 Å². The lowest BCUT2D eigenvalue weighted by Crippen LogP contribution is -2.64. The maximum Gasteiger partial charge on any atom is 0.407 e. The predicted octanol–water partition coefficient (Wildman–Crippen LogP) is 6.25. The first-order chi connectivity index (χ1) is 14.1. The van der Waals surface area contributed by atoms with E-state index in [-0.39, 0.29) is 24.2 Å². The smallest absolute Gasteiger partial charge is 0.407 e. The molecular weight excluding hydrogens is 426 g/mol. The summed E-state index contributed by atoms with van der Waals surface area (Å²) in [4.78, 5) is 12.4. The monoisotopic (exact) mass is 473 g/mol. The van der Waals surface area contributed by atoms with Crippen LogP contribution < -0.4 is 5.32 Å². The highest BCUT2D eigenvalue weighted by atomic mass is 28.5. The van der Waals surface area contributed by atoms with Crippen LogP contribution in [0.1, 0.15) is 89.0 Å². The van der Waals surface area contributed by atoms with Crippen LogP contribution in [0.2, 0.25) is 22.2 Å². The molecule has 0 spiro atoms. The van der Waals surface area contributed by atoms with Crippen molar-refractivity contribution in [1.82, 2.24) is 5.32 Å². The molecule has 6 nitrogen and oxygen atoms in total. The summed E-state index contributed by atoms with van der Waals surface area (Å²) in [5, 5.41) is 3.07. The van der Waals surface area contributed by atoms with Crippen molar-refractivity contribution in [2.24, 2.45) is 5.92 Å². The number of carbonyl (C=O) groups excluding carboxylic acids is 1. The van der Waals surface area contributed by atoms with Crippen molar-refractivity contribution in [1.29, 1.82) is 0 Å². The summed E-state index contributed by atoms with van der Waals surface area (Å²) in [6, 6.07) is 0.0340. The third kappa shape index (κ3) is 5.94. The van der Waals surface area contributed by atoms with Gasteiger partial charge >= 0.3 is 23.2 Å². The van der Waals surface area contributed by atoms with Gasteiger partial charge in [-0.1, -0.05) is 55.4 Å². The van der Waals surface area contributed by atoms with Gasteiger partial charge in [0, 0.05) is 18.6 Å². The minimum absolute atomic E-state index is 0.0340. The number of nitrogens with one attached hydrogen (secondary N) is 1. The summed E-state index contributed by atoms with van der Waals surface area (Å²) in [5.74, 6) is 0.262. The van der Waals surface area contributed by atoms with E-state index in [0.717, 1.165) is 12.8 Å². The molecule has 0 aromatic heterocycles. The number of hydrogen-bond acceptors (Lipinski definition) is 5. The average molecular weight is 474 g/mol. The average Bonchev–Trinajstić information content (AvgIpc) is 2.92. The molecule has 182 valence electrons. The maximum absolute atomic E-state index is 12.4. The first-order valence-corrected chi connectivity index (χ1v) is 16.1. The van der Waals surface area contributed by atoms with Gasteiger partial charge in [0.05, 0.1) is 6.10 Å². The molecule has 0 aromatic rings. The first-order valence-electron chi connectivity index (χ1n) is 12.1. The molecule has 1 heterocycles. The van der Waals surface area contributed by atoms with Crippen LogP contribution >= 0.6 is 0 Å². The molecule has 1 aliphatic heterocycles. The quantitative estimate of drug-likeness (QED) is 0.478. The highest BCUT2D eigenvalue weighted by molar-refractivity contribution is 6.83. The summed E-state index contributed by atoms with van der Waals surface area (Å²) in [5.41, 5.74) is 0.812. The lowest BCUT2D eigenvalue weighted by molar-refractivity contribution is 0.0367. The standard InChI is InChI=1S/C23H47NO5Si2/c1-15(2)30(16(3)4)26-14-19-12-20(24-22(25)27-23(9,10)11)13-21(19)28-31(29-30,17(5)6)18(7)8/h15-21H,12-14H2,1-11H3,(H,24,25)/t19-,20-,21+/m1/s1. The van der Waals surface area contributed by atoms with Crippen molar-refractivity contribution in [3.05, 3.63) is 0 Å². The second-order valence-electron chi connectivity index (χ2n) is 11.7. The Kier molecular flexibility index (Phi) is 8.51. The van der Waals surface area contributed by atoms with E-state index in [2.05, 4.69) is 60.7 Å². The molecule has 0 bridgehead atoms. The molecule has 1 saturated heterocycles. The molecule has 0 aromatic carbocycles. The van der Waals surface area contributed by atoms with Crippen LogP contribution in [-0.2, 0) is 17.7 Å². The molecule has 0 radical (unpaired) electrons. The van der Waals surface area contributed by atoms with Crippen LogP contribution in [0.15, 0.2) is 0 Å². The highest BCUT2D eigenvalue weighted by Gasteiger charge is 2.59. The summed E-state index contributed by atoms with van der Waals surface area (Å²) < 4.78 is 26.6. The van der Waals surface area contributed by atoms with Gasteiger partial charge < -0.3 is 23.0 Å². The third-order valence-electron chi connectivity index (χ3n) is 6.75. The molecule has 1 saturated carbocycles. The van der Waals surface area contributed by atoms with E-state index in [1.807, 2.05) is 20.8 Å². The van der Waals surface area contributed by atoms with Gasteiger partial charge in [0.25, 0.3) is 0 Å². The Morgan fingerprint density at radius 2 is 1.42 bits per heavy atom. The summed E-state index contributed by atoms with van der Waals surface area (Å²) in [7, 11) is -5.08. The highest BCUT2D eigenvalue weighted by Crippen LogP contribution is 2.48. The minimum atomic E-state index is -2.58. The fraction of sp³-hybridized carbons (Fsp3) is 0.957. The molecular formula is C23H47NO5Si2. The van der Waals surface area contributed by atoms with Gasteiger partial charge in [-0.2, -0.15) is 0 Å². The van der Waals surface area contributed by atoms with Crippen LogP contribution in [-0.4, -0.2) is 47.6 Å². The number of fused-ring (bicyclic) bond motifs is 1. The zero-order valence-electron chi connectivity index (χ0n) is 21.7. The Balaban J connectivity index is 2.32. The lowest BCUT2D eigenvalue weighted by Gasteiger charge is -2.51. The number of carbonyl (C=O) groups is 1. The van der Waals surface area contributed by atoms with Crippen molar-refractivity contribution in [3.8, 4) is 0 Å². The fourth-order valence-electron chi connectivity index (χ4n) is 5.19. The van der Waals surface area contributed by atoms with Gasteiger partial charge in [-0.25, -0.2) is 4.79 Å². The van der Waals surface area contributed by atoms with Crippen LogP contribution in [0.4, 0.5) is 4.79 Å². The Bertz CT molecular complexity index is 602. The third-order valence-corrected chi connectivity index (χ3v) is 17.0. The van der Waals surface area contributed by atoms with Crippen LogP contribution in [0.25, 0.3) is 0 Å². The molecule has 3 atom stereocenters. The molecule has 1 aliphatic carbocycles. The van der Waals surface area contributed by atoms with Gasteiger partial charge in [0.1, 0.15) is 5.60 Å². The Morgan fingerprint density at radius 3 is 1.87 bits per heavy atom. The van der Waals surface area contributed by atoms with Crippen LogP contribution in [0.3, 0.4) is 0 Å². The fourth-order valence-corrected chi connectivity index (χ4v) is 16.5. The van der Waals surface area contributed by atoms with E-state index < -0.39 is 22.7 Å². The molecule has 0 unspecified atom stereocenters. The van der Waals surface area contributed by atoms with E-state index >= 15 is 0 Å². The Labute approximate surface area is 192 Å². The minimum Gasteiger partial charge on any atom is -0.444 e. The zero-order valence-corrected chi connectivity index (χ0v) is 23.7. The molecule has 1 N–H and O–H groups in total. The van der Waals surface area contributed by atoms with Crippen LogP contribution in [0, 0.1) is 5.92 Å². The molecule has 2 rings (SSSR count). The van der Waals surface area contributed by atoms with E-state index in [1.54, 1.807) is 0 Å².